The lowest BCUT2D eigenvalue weighted by molar-refractivity contribution is -0.162. The van der Waals surface area contributed by atoms with Crippen molar-refractivity contribution in [3.63, 3.8) is 0 Å². The van der Waals surface area contributed by atoms with Gasteiger partial charge in [-0.2, -0.15) is 0 Å². The maximum atomic E-state index is 14.2. The van der Waals surface area contributed by atoms with Crippen molar-refractivity contribution in [1.82, 2.24) is 25.2 Å². The number of aromatic nitrogens is 3. The van der Waals surface area contributed by atoms with E-state index in [1.165, 1.54) is 4.90 Å². The fraction of sp³-hybridized carbons (Fsp3) is 0.667. The van der Waals surface area contributed by atoms with Crippen LogP contribution in [0.2, 0.25) is 0 Å². The molecular weight excluding hydrogens is 490 g/mol. The van der Waals surface area contributed by atoms with Crippen LogP contribution in [0.15, 0.2) is 24.3 Å². The van der Waals surface area contributed by atoms with Gasteiger partial charge in [-0.05, 0) is 44.2 Å². The zero-order valence-corrected chi connectivity index (χ0v) is 22.4. The quantitative estimate of drug-likeness (QED) is 0.445. The van der Waals surface area contributed by atoms with Crippen molar-refractivity contribution in [3.05, 3.63) is 24.3 Å². The number of aliphatic hydroxyl groups is 1. The van der Waals surface area contributed by atoms with Crippen molar-refractivity contribution in [2.75, 3.05) is 13.2 Å². The number of hydrogen-bond acceptors (Lipinski definition) is 8. The second-order valence-electron chi connectivity index (χ2n) is 10.7. The molecule has 1 spiro atoms. The molecule has 0 saturated carbocycles. The van der Waals surface area contributed by atoms with E-state index in [2.05, 4.69) is 15.6 Å². The number of carbonyl (C=O) groups excluding carboxylic acids is 3. The van der Waals surface area contributed by atoms with Gasteiger partial charge in [0.2, 0.25) is 11.8 Å². The number of nitrogens with zero attached hydrogens (tertiary/aromatic N) is 4. The minimum atomic E-state index is -1.18. The number of hydrogen-bond donors (Lipinski definition) is 2. The predicted octanol–water partition coefficient (Wildman–Crippen LogP) is 1.63. The average Bonchev–Trinajstić information content (AvgIpc) is 3.65. The fourth-order valence-electron chi connectivity index (χ4n) is 7.00. The zero-order valence-electron chi connectivity index (χ0n) is 22.4. The molecule has 206 valence electrons. The van der Waals surface area contributed by atoms with Crippen molar-refractivity contribution in [2.45, 2.75) is 83.3 Å². The summed E-state index contributed by atoms with van der Waals surface area (Å²) in [6, 6.07) is 5.83. The molecule has 2 bridgehead atoms. The minimum absolute atomic E-state index is 0.0476. The molecule has 2 amide bonds. The zero-order chi connectivity index (χ0) is 27.2. The summed E-state index contributed by atoms with van der Waals surface area (Å²) < 4.78 is 13.7. The molecule has 0 radical (unpaired) electrons. The van der Waals surface area contributed by atoms with Gasteiger partial charge in [0.25, 0.3) is 0 Å². The third-order valence-electron chi connectivity index (χ3n) is 9.08. The van der Waals surface area contributed by atoms with Gasteiger partial charge in [-0.3, -0.25) is 14.4 Å². The van der Waals surface area contributed by atoms with E-state index in [0.29, 0.717) is 31.2 Å². The summed E-state index contributed by atoms with van der Waals surface area (Å²) in [5.74, 6) is -2.93. The lowest BCUT2D eigenvalue weighted by Crippen LogP contribution is -2.59. The predicted molar refractivity (Wildman–Crippen MR) is 136 cm³/mol. The second kappa shape index (κ2) is 9.92. The molecule has 2 unspecified atom stereocenters. The SMILES string of the molecule is CCOC(=O)[C@@H]1[C@H]2C(=O)N([C@@H](CO)[C@@H](C)CC)C(C(=O)NCn3nnc4ccccc43)C23CC[C@@]1(CC)O3. The summed E-state index contributed by atoms with van der Waals surface area (Å²) in [6.45, 7) is 7.54. The molecule has 1 aromatic carbocycles. The highest BCUT2D eigenvalue weighted by atomic mass is 16.6. The number of aliphatic hydroxyl groups excluding tert-OH is 1. The molecule has 4 heterocycles. The van der Waals surface area contributed by atoms with Gasteiger partial charge in [0.15, 0.2) is 0 Å². The maximum absolute atomic E-state index is 14.2. The number of amides is 2. The van der Waals surface area contributed by atoms with E-state index in [1.54, 1.807) is 11.6 Å². The van der Waals surface area contributed by atoms with Gasteiger partial charge in [-0.1, -0.05) is 44.5 Å². The summed E-state index contributed by atoms with van der Waals surface area (Å²) in [5.41, 5.74) is -0.568. The summed E-state index contributed by atoms with van der Waals surface area (Å²) in [5, 5.41) is 21.6. The third-order valence-corrected chi connectivity index (χ3v) is 9.08. The van der Waals surface area contributed by atoms with E-state index in [1.807, 2.05) is 45.0 Å². The van der Waals surface area contributed by atoms with Crippen LogP contribution in [0.5, 0.6) is 0 Å². The van der Waals surface area contributed by atoms with Crippen LogP contribution < -0.4 is 5.32 Å². The highest BCUT2D eigenvalue weighted by molar-refractivity contribution is 5.98. The Hall–Kier alpha value is -3.05. The van der Waals surface area contributed by atoms with Crippen LogP contribution in [0, 0.1) is 17.8 Å². The molecule has 2 N–H and O–H groups in total. The van der Waals surface area contributed by atoms with E-state index in [0.717, 1.165) is 5.52 Å². The summed E-state index contributed by atoms with van der Waals surface area (Å²) >= 11 is 0. The molecule has 38 heavy (non-hydrogen) atoms. The summed E-state index contributed by atoms with van der Waals surface area (Å²) in [6.07, 6.45) is 2.24. The molecule has 11 nitrogen and oxygen atoms in total. The maximum Gasteiger partial charge on any atom is 0.312 e. The first-order valence-electron chi connectivity index (χ1n) is 13.6. The van der Waals surface area contributed by atoms with Gasteiger partial charge in [0, 0.05) is 0 Å². The van der Waals surface area contributed by atoms with Crippen LogP contribution in [0.25, 0.3) is 11.0 Å². The standard InChI is InChI=1S/C27H37N5O6/c1-5-16(4)19(14-33)32-22(23(34)28-15-31-18-11-9-8-10-17(18)29-30-31)27-13-12-26(6-2,38-27)21(20(27)24(32)35)25(36)37-7-3/h8-11,16,19-22,33H,5-7,12-15H2,1-4H3,(H,28,34)/t16-,19-,20-,21-,22?,26+,27?/m0/s1. The monoisotopic (exact) mass is 527 g/mol. The molecule has 2 aromatic rings. The van der Waals surface area contributed by atoms with Crippen LogP contribution in [0.1, 0.15) is 53.4 Å². The van der Waals surface area contributed by atoms with E-state index in [-0.39, 0.29) is 31.7 Å². The molecule has 1 aromatic heterocycles. The third kappa shape index (κ3) is 3.73. The lowest BCUT2D eigenvalue weighted by Gasteiger charge is -2.39. The summed E-state index contributed by atoms with van der Waals surface area (Å²) in [7, 11) is 0. The Morgan fingerprint density at radius 3 is 2.71 bits per heavy atom. The van der Waals surface area contributed by atoms with Crippen LogP contribution in [-0.4, -0.2) is 79.3 Å². The number of likely N-dealkylation sites (tertiary alicyclic amines) is 1. The first kappa shape index (κ1) is 26.6. The highest BCUT2D eigenvalue weighted by Gasteiger charge is 2.79. The topological polar surface area (TPSA) is 136 Å². The Kier molecular flexibility index (Phi) is 6.93. The smallest absolute Gasteiger partial charge is 0.312 e. The average molecular weight is 528 g/mol. The van der Waals surface area contributed by atoms with E-state index < -0.39 is 47.0 Å². The highest BCUT2D eigenvalue weighted by Crippen LogP contribution is 2.64. The van der Waals surface area contributed by atoms with E-state index in [9.17, 15) is 19.5 Å². The van der Waals surface area contributed by atoms with Gasteiger partial charge in [-0.15, -0.1) is 5.10 Å². The number of nitrogens with one attached hydrogen (secondary N) is 1. The Balaban J connectivity index is 1.53. The molecule has 0 aliphatic carbocycles. The molecular formula is C27H37N5O6. The van der Waals surface area contributed by atoms with Gasteiger partial charge < -0.3 is 24.8 Å². The van der Waals surface area contributed by atoms with E-state index in [4.69, 9.17) is 9.47 Å². The van der Waals surface area contributed by atoms with Crippen molar-refractivity contribution >= 4 is 28.8 Å². The minimum Gasteiger partial charge on any atom is -0.466 e. The summed E-state index contributed by atoms with van der Waals surface area (Å²) in [4.78, 5) is 43.0. The van der Waals surface area contributed by atoms with Crippen LogP contribution >= 0.6 is 0 Å². The van der Waals surface area contributed by atoms with E-state index >= 15 is 0 Å². The Morgan fingerprint density at radius 1 is 1.26 bits per heavy atom. The number of carbonyl (C=O) groups is 3. The molecule has 7 atom stereocenters. The normalized spacial score (nSPS) is 31.4. The molecule has 3 aliphatic rings. The Labute approximate surface area is 221 Å². The number of rotatable bonds is 10. The van der Waals surface area contributed by atoms with Crippen LogP contribution in [0.4, 0.5) is 0 Å². The number of esters is 1. The fourth-order valence-corrected chi connectivity index (χ4v) is 7.00. The van der Waals surface area contributed by atoms with Gasteiger partial charge >= 0.3 is 5.97 Å². The van der Waals surface area contributed by atoms with Crippen LogP contribution in [0.3, 0.4) is 0 Å². The molecule has 3 fully saturated rings. The molecule has 3 aliphatic heterocycles. The lowest BCUT2D eigenvalue weighted by atomic mass is 9.65. The van der Waals surface area contributed by atoms with Crippen molar-refractivity contribution in [1.29, 1.82) is 0 Å². The number of ether oxygens (including phenoxy) is 2. The number of benzene rings is 1. The second-order valence-corrected chi connectivity index (χ2v) is 10.7. The van der Waals surface area contributed by atoms with Crippen molar-refractivity contribution in [2.24, 2.45) is 17.8 Å². The largest absolute Gasteiger partial charge is 0.466 e. The number of fused-ring (bicyclic) bond motifs is 2. The first-order valence-corrected chi connectivity index (χ1v) is 13.6. The van der Waals surface area contributed by atoms with Gasteiger partial charge in [-0.25, -0.2) is 4.68 Å². The molecule has 3 saturated heterocycles. The first-order chi connectivity index (χ1) is 18.3. The van der Waals surface area contributed by atoms with Crippen molar-refractivity contribution < 1.29 is 29.0 Å². The van der Waals surface area contributed by atoms with Crippen molar-refractivity contribution in [3.8, 4) is 0 Å². The van der Waals surface area contributed by atoms with Gasteiger partial charge in [0.05, 0.1) is 36.3 Å². The Morgan fingerprint density at radius 2 is 2.03 bits per heavy atom. The van der Waals surface area contributed by atoms with Crippen LogP contribution in [-0.2, 0) is 30.5 Å². The molecule has 11 heteroatoms. The number of para-hydroxylation sites is 1. The van der Waals surface area contributed by atoms with Gasteiger partial charge in [0.1, 0.15) is 29.7 Å². The Bertz CT molecular complexity index is 1230. The molecule has 5 rings (SSSR count).